The number of aromatic carboxylic acids is 1. The van der Waals surface area contributed by atoms with Gasteiger partial charge in [0.05, 0.1) is 16.7 Å². The van der Waals surface area contributed by atoms with Crippen LogP contribution >= 0.6 is 11.6 Å². The van der Waals surface area contributed by atoms with Crippen LogP contribution in [0.4, 0.5) is 10.1 Å². The van der Waals surface area contributed by atoms with Crippen molar-refractivity contribution in [2.45, 2.75) is 6.04 Å². The van der Waals surface area contributed by atoms with Crippen LogP contribution in [0.1, 0.15) is 22.0 Å². The molecule has 0 aliphatic carbocycles. The van der Waals surface area contributed by atoms with Gasteiger partial charge in [-0.25, -0.2) is 9.18 Å². The second-order valence-electron chi connectivity index (χ2n) is 4.41. The molecule has 22 heavy (non-hydrogen) atoms. The van der Waals surface area contributed by atoms with Crippen LogP contribution in [0.5, 0.6) is 5.75 Å². The molecule has 1 unspecified atom stereocenters. The number of anilines is 1. The third-order valence-electron chi connectivity index (χ3n) is 2.95. The minimum absolute atomic E-state index is 0.0947. The summed E-state index contributed by atoms with van der Waals surface area (Å²) in [5.41, 5.74) is 0.496. The van der Waals surface area contributed by atoms with E-state index in [4.69, 9.17) is 16.7 Å². The Morgan fingerprint density at radius 2 is 2.05 bits per heavy atom. The van der Waals surface area contributed by atoms with Crippen molar-refractivity contribution in [2.75, 3.05) is 5.32 Å². The SMILES string of the molecule is N#CC(Nc1ccc(F)c(Cl)c1)c1ccc(C(=O)O)cc1O. The van der Waals surface area contributed by atoms with E-state index in [1.165, 1.54) is 24.3 Å². The average Bonchev–Trinajstić information content (AvgIpc) is 2.48. The highest BCUT2D eigenvalue weighted by Gasteiger charge is 2.17. The molecule has 0 fully saturated rings. The Labute approximate surface area is 130 Å². The number of carbonyl (C=O) groups is 1. The maximum Gasteiger partial charge on any atom is 0.335 e. The predicted molar refractivity (Wildman–Crippen MR) is 78.5 cm³/mol. The van der Waals surface area contributed by atoms with Gasteiger partial charge in [-0.1, -0.05) is 17.7 Å². The van der Waals surface area contributed by atoms with Gasteiger partial charge in [0.1, 0.15) is 17.6 Å². The molecule has 0 saturated heterocycles. The van der Waals surface area contributed by atoms with Crippen LogP contribution in [0.3, 0.4) is 0 Å². The van der Waals surface area contributed by atoms with Crippen molar-refractivity contribution in [3.8, 4) is 11.8 Å². The summed E-state index contributed by atoms with van der Waals surface area (Å²) in [6, 6.07) is 8.51. The summed E-state index contributed by atoms with van der Waals surface area (Å²) in [5.74, 6) is -2.10. The highest BCUT2D eigenvalue weighted by Crippen LogP contribution is 2.29. The zero-order chi connectivity index (χ0) is 16.3. The van der Waals surface area contributed by atoms with E-state index in [0.717, 1.165) is 12.1 Å². The number of nitrogens with zero attached hydrogens (tertiary/aromatic N) is 1. The number of carboxylic acids is 1. The second kappa shape index (κ2) is 6.33. The largest absolute Gasteiger partial charge is 0.508 e. The minimum Gasteiger partial charge on any atom is -0.508 e. The van der Waals surface area contributed by atoms with Crippen molar-refractivity contribution in [3.05, 3.63) is 58.4 Å². The number of halogens is 2. The summed E-state index contributed by atoms with van der Waals surface area (Å²) in [6.45, 7) is 0. The minimum atomic E-state index is -1.19. The number of hydrogen-bond acceptors (Lipinski definition) is 4. The summed E-state index contributed by atoms with van der Waals surface area (Å²) in [5, 5.41) is 30.6. The summed E-state index contributed by atoms with van der Waals surface area (Å²) in [4.78, 5) is 10.8. The molecule has 0 bridgehead atoms. The fraction of sp³-hybridized carbons (Fsp3) is 0.0667. The first-order valence-corrected chi connectivity index (χ1v) is 6.47. The molecule has 0 amide bonds. The third kappa shape index (κ3) is 3.27. The van der Waals surface area contributed by atoms with E-state index in [1.807, 2.05) is 6.07 Å². The van der Waals surface area contributed by atoms with Crippen molar-refractivity contribution < 1.29 is 19.4 Å². The number of nitrogens with one attached hydrogen (secondary N) is 1. The number of carboxylic acid groups (broad SMARTS) is 1. The molecule has 1 atom stereocenters. The monoisotopic (exact) mass is 320 g/mol. The van der Waals surface area contributed by atoms with Crippen LogP contribution in [0, 0.1) is 17.1 Å². The van der Waals surface area contributed by atoms with E-state index >= 15 is 0 Å². The quantitative estimate of drug-likeness (QED) is 0.801. The van der Waals surface area contributed by atoms with Gasteiger partial charge in [-0.15, -0.1) is 0 Å². The molecule has 0 heterocycles. The fourth-order valence-electron chi connectivity index (χ4n) is 1.85. The molecule has 0 aromatic heterocycles. The van der Waals surface area contributed by atoms with Crippen molar-refractivity contribution in [2.24, 2.45) is 0 Å². The summed E-state index contributed by atoms with van der Waals surface area (Å²) >= 11 is 5.66. The van der Waals surface area contributed by atoms with Crippen molar-refractivity contribution in [3.63, 3.8) is 0 Å². The molecule has 2 aromatic carbocycles. The van der Waals surface area contributed by atoms with Gasteiger partial charge < -0.3 is 15.5 Å². The molecule has 2 rings (SSSR count). The van der Waals surface area contributed by atoms with Crippen LogP contribution in [0.2, 0.25) is 5.02 Å². The maximum atomic E-state index is 13.1. The molecule has 2 aromatic rings. The van der Waals surface area contributed by atoms with Crippen molar-refractivity contribution in [1.29, 1.82) is 5.26 Å². The molecule has 0 saturated carbocycles. The number of hydrogen-bond donors (Lipinski definition) is 3. The van der Waals surface area contributed by atoms with Crippen LogP contribution in [-0.2, 0) is 0 Å². The van der Waals surface area contributed by atoms with E-state index in [1.54, 1.807) is 0 Å². The number of rotatable bonds is 4. The molecule has 5 nitrogen and oxygen atoms in total. The summed E-state index contributed by atoms with van der Waals surface area (Å²) < 4.78 is 13.1. The lowest BCUT2D eigenvalue weighted by Crippen LogP contribution is -2.09. The number of phenols is 1. The van der Waals surface area contributed by atoms with Gasteiger partial charge in [-0.2, -0.15) is 5.26 Å². The van der Waals surface area contributed by atoms with E-state index < -0.39 is 17.8 Å². The normalized spacial score (nSPS) is 11.5. The zero-order valence-electron chi connectivity index (χ0n) is 11.0. The molecule has 112 valence electrons. The van der Waals surface area contributed by atoms with E-state index in [-0.39, 0.29) is 21.9 Å². The van der Waals surface area contributed by atoms with Crippen LogP contribution in [0.15, 0.2) is 36.4 Å². The Balaban J connectivity index is 2.30. The Morgan fingerprint density at radius 1 is 1.32 bits per heavy atom. The van der Waals surface area contributed by atoms with Gasteiger partial charge in [0.15, 0.2) is 0 Å². The Kier molecular flexibility index (Phi) is 4.49. The van der Waals surface area contributed by atoms with E-state index in [0.29, 0.717) is 5.69 Å². The first kappa shape index (κ1) is 15.6. The summed E-state index contributed by atoms with van der Waals surface area (Å²) in [6.07, 6.45) is 0. The van der Waals surface area contributed by atoms with Crippen LogP contribution in [0.25, 0.3) is 0 Å². The molecular weight excluding hydrogens is 311 g/mol. The lowest BCUT2D eigenvalue weighted by molar-refractivity contribution is 0.0696. The maximum absolute atomic E-state index is 13.1. The number of phenolic OH excluding ortho intramolecular Hbond substituents is 1. The molecular formula is C15H10ClFN2O3. The predicted octanol–water partition coefficient (Wildman–Crippen LogP) is 3.56. The number of nitriles is 1. The first-order valence-electron chi connectivity index (χ1n) is 6.10. The van der Waals surface area contributed by atoms with Gasteiger partial charge >= 0.3 is 5.97 Å². The van der Waals surface area contributed by atoms with Gasteiger partial charge in [0.2, 0.25) is 0 Å². The second-order valence-corrected chi connectivity index (χ2v) is 4.82. The van der Waals surface area contributed by atoms with Crippen molar-refractivity contribution >= 4 is 23.3 Å². The van der Waals surface area contributed by atoms with Gasteiger partial charge in [-0.3, -0.25) is 0 Å². The zero-order valence-corrected chi connectivity index (χ0v) is 11.8. The third-order valence-corrected chi connectivity index (χ3v) is 3.24. The average molecular weight is 321 g/mol. The Bertz CT molecular complexity index is 774. The molecule has 7 heteroatoms. The topological polar surface area (TPSA) is 93.4 Å². The molecule has 0 aliphatic rings. The first-order chi connectivity index (χ1) is 10.4. The molecule has 0 aliphatic heterocycles. The standard InChI is InChI=1S/C15H10ClFN2O3/c16-11-6-9(2-4-12(11)17)19-13(7-18)10-3-1-8(15(21)22)5-14(10)20/h1-6,13,19-20H,(H,21,22). The van der Waals surface area contributed by atoms with Gasteiger partial charge in [-0.05, 0) is 30.3 Å². The number of benzene rings is 2. The molecule has 0 radical (unpaired) electrons. The molecule has 0 spiro atoms. The lowest BCUT2D eigenvalue weighted by Gasteiger charge is -2.15. The smallest absolute Gasteiger partial charge is 0.335 e. The Morgan fingerprint density at radius 3 is 2.59 bits per heavy atom. The van der Waals surface area contributed by atoms with E-state index in [2.05, 4.69) is 5.32 Å². The molecule has 3 N–H and O–H groups in total. The number of aromatic hydroxyl groups is 1. The highest BCUT2D eigenvalue weighted by molar-refractivity contribution is 6.31. The fourth-order valence-corrected chi connectivity index (χ4v) is 2.03. The lowest BCUT2D eigenvalue weighted by atomic mass is 10.0. The van der Waals surface area contributed by atoms with Crippen LogP contribution in [-0.4, -0.2) is 16.2 Å². The summed E-state index contributed by atoms with van der Waals surface area (Å²) in [7, 11) is 0. The van der Waals surface area contributed by atoms with Crippen LogP contribution < -0.4 is 5.32 Å². The highest BCUT2D eigenvalue weighted by atomic mass is 35.5. The van der Waals surface area contributed by atoms with Crippen molar-refractivity contribution in [1.82, 2.24) is 0 Å². The van der Waals surface area contributed by atoms with Gasteiger partial charge in [0.25, 0.3) is 0 Å². The van der Waals surface area contributed by atoms with Gasteiger partial charge in [0, 0.05) is 11.3 Å². The van der Waals surface area contributed by atoms with E-state index in [9.17, 15) is 19.6 Å². The Hall–Kier alpha value is -2.78.